The van der Waals surface area contributed by atoms with Gasteiger partial charge in [-0.1, -0.05) is 47.5 Å². The molecule has 0 spiro atoms. The maximum Gasteiger partial charge on any atom is 0.202 e. The Hall–Kier alpha value is -1.59. The monoisotopic (exact) mass is 349 g/mol. The Bertz CT molecular complexity index is 671. The summed E-state index contributed by atoms with van der Waals surface area (Å²) < 4.78 is 0. The number of aliphatic imine (C=N–C) groups is 1. The predicted octanol–water partition coefficient (Wildman–Crippen LogP) is 4.11. The van der Waals surface area contributed by atoms with E-state index in [0.29, 0.717) is 5.02 Å². The number of hydroxylamine groups is 1. The first kappa shape index (κ1) is 16.3. The zero-order chi connectivity index (χ0) is 16.1. The van der Waals surface area contributed by atoms with E-state index in [1.54, 1.807) is 0 Å². The molecule has 2 aromatic carbocycles. The van der Waals surface area contributed by atoms with Gasteiger partial charge in [0.05, 0.1) is 0 Å². The number of nitrogens with zero attached hydrogens (tertiary/aromatic N) is 1. The highest BCUT2D eigenvalue weighted by molar-refractivity contribution is 6.30. The van der Waals surface area contributed by atoms with Crippen LogP contribution in [0, 0.1) is 0 Å². The molecule has 0 saturated carbocycles. The molecule has 1 aliphatic rings. The van der Waals surface area contributed by atoms with Crippen LogP contribution in [0.15, 0.2) is 53.5 Å². The summed E-state index contributed by atoms with van der Waals surface area (Å²) in [7, 11) is 0. The molecule has 1 aliphatic heterocycles. The first-order chi connectivity index (χ1) is 11.2. The standard InChI is InChI=1S/C17H17Cl2N3O/c18-14-5-1-12(2-6-14)11-20-10-9-16-21-17(23-22-16)13-3-7-15(19)8-4-13/h1-8,17,20H,9-11H2,(H,21,22). The van der Waals surface area contributed by atoms with E-state index in [2.05, 4.69) is 15.8 Å². The Balaban J connectivity index is 1.44. The van der Waals surface area contributed by atoms with E-state index < -0.39 is 0 Å². The first-order valence-corrected chi connectivity index (χ1v) is 8.15. The van der Waals surface area contributed by atoms with Gasteiger partial charge in [0.15, 0.2) is 0 Å². The van der Waals surface area contributed by atoms with Crippen molar-refractivity contribution in [1.29, 1.82) is 0 Å². The normalized spacial score (nSPS) is 17.0. The second-order valence-electron chi connectivity index (χ2n) is 5.25. The van der Waals surface area contributed by atoms with Crippen LogP contribution in [0.3, 0.4) is 0 Å². The minimum Gasteiger partial charge on any atom is -0.312 e. The average Bonchev–Trinajstić information content (AvgIpc) is 3.03. The molecule has 1 heterocycles. The minimum absolute atomic E-state index is 0.307. The lowest BCUT2D eigenvalue weighted by atomic mass is 10.2. The van der Waals surface area contributed by atoms with Crippen molar-refractivity contribution < 1.29 is 4.84 Å². The van der Waals surface area contributed by atoms with E-state index in [9.17, 15) is 0 Å². The molecule has 2 aromatic rings. The Morgan fingerprint density at radius 3 is 2.35 bits per heavy atom. The summed E-state index contributed by atoms with van der Waals surface area (Å²) in [5.41, 5.74) is 5.06. The van der Waals surface area contributed by atoms with Crippen molar-refractivity contribution in [2.75, 3.05) is 6.54 Å². The molecule has 0 saturated heterocycles. The van der Waals surface area contributed by atoms with Gasteiger partial charge in [-0.3, -0.25) is 5.48 Å². The highest BCUT2D eigenvalue weighted by Gasteiger charge is 2.19. The van der Waals surface area contributed by atoms with Gasteiger partial charge in [0.2, 0.25) is 6.23 Å². The molecule has 0 bridgehead atoms. The third-order valence-corrected chi connectivity index (χ3v) is 4.00. The minimum atomic E-state index is -0.307. The fraction of sp³-hybridized carbons (Fsp3) is 0.235. The third-order valence-electron chi connectivity index (χ3n) is 3.50. The van der Waals surface area contributed by atoms with Crippen molar-refractivity contribution in [2.45, 2.75) is 19.2 Å². The first-order valence-electron chi connectivity index (χ1n) is 7.40. The van der Waals surface area contributed by atoms with E-state index >= 15 is 0 Å². The van der Waals surface area contributed by atoms with Crippen LogP contribution in [0.2, 0.25) is 10.0 Å². The van der Waals surface area contributed by atoms with Crippen molar-refractivity contribution in [3.8, 4) is 0 Å². The molecule has 0 aromatic heterocycles. The van der Waals surface area contributed by atoms with Gasteiger partial charge in [0.1, 0.15) is 5.84 Å². The summed E-state index contributed by atoms with van der Waals surface area (Å²) in [5.74, 6) is 0.841. The zero-order valence-electron chi connectivity index (χ0n) is 12.4. The lowest BCUT2D eigenvalue weighted by Gasteiger charge is -2.05. The van der Waals surface area contributed by atoms with Crippen LogP contribution in [-0.4, -0.2) is 12.4 Å². The van der Waals surface area contributed by atoms with Crippen LogP contribution in [0.5, 0.6) is 0 Å². The van der Waals surface area contributed by atoms with E-state index in [4.69, 9.17) is 28.0 Å². The molecule has 3 rings (SSSR count). The summed E-state index contributed by atoms with van der Waals surface area (Å²) in [6.07, 6.45) is 0.469. The number of benzene rings is 2. The molecule has 23 heavy (non-hydrogen) atoms. The molecule has 2 N–H and O–H groups in total. The van der Waals surface area contributed by atoms with Gasteiger partial charge in [0, 0.05) is 35.1 Å². The second kappa shape index (κ2) is 7.79. The van der Waals surface area contributed by atoms with Gasteiger partial charge >= 0.3 is 0 Å². The Morgan fingerprint density at radius 2 is 1.65 bits per heavy atom. The van der Waals surface area contributed by atoms with E-state index in [-0.39, 0.29) is 6.23 Å². The fourth-order valence-corrected chi connectivity index (χ4v) is 2.50. The van der Waals surface area contributed by atoms with Crippen LogP contribution in [0.4, 0.5) is 0 Å². The fourth-order valence-electron chi connectivity index (χ4n) is 2.25. The molecule has 120 valence electrons. The Labute approximate surface area is 145 Å². The van der Waals surface area contributed by atoms with Gasteiger partial charge in [-0.2, -0.15) is 0 Å². The van der Waals surface area contributed by atoms with Gasteiger partial charge in [-0.15, -0.1) is 0 Å². The Morgan fingerprint density at radius 1 is 1.00 bits per heavy atom. The van der Waals surface area contributed by atoms with Crippen molar-refractivity contribution in [3.63, 3.8) is 0 Å². The number of rotatable bonds is 6. The maximum atomic E-state index is 5.88. The number of nitrogens with one attached hydrogen (secondary N) is 2. The maximum absolute atomic E-state index is 5.88. The average molecular weight is 350 g/mol. The number of halogens is 2. The number of amidine groups is 1. The van der Waals surface area contributed by atoms with E-state index in [1.807, 2.05) is 48.5 Å². The molecule has 0 radical (unpaired) electrons. The summed E-state index contributed by atoms with van der Waals surface area (Å²) in [6, 6.07) is 15.3. The van der Waals surface area contributed by atoms with Crippen LogP contribution in [-0.2, 0) is 11.4 Å². The highest BCUT2D eigenvalue weighted by Crippen LogP contribution is 2.23. The largest absolute Gasteiger partial charge is 0.312 e. The van der Waals surface area contributed by atoms with Crippen LogP contribution < -0.4 is 10.8 Å². The van der Waals surface area contributed by atoms with Crippen molar-refractivity contribution in [2.24, 2.45) is 4.99 Å². The quantitative estimate of drug-likeness (QED) is 0.771. The van der Waals surface area contributed by atoms with Gasteiger partial charge < -0.3 is 5.32 Å². The summed E-state index contributed by atoms with van der Waals surface area (Å²) in [6.45, 7) is 1.61. The van der Waals surface area contributed by atoms with E-state index in [1.165, 1.54) is 5.56 Å². The Kier molecular flexibility index (Phi) is 5.51. The van der Waals surface area contributed by atoms with Crippen LogP contribution in [0.25, 0.3) is 0 Å². The molecule has 0 amide bonds. The molecule has 1 atom stereocenters. The highest BCUT2D eigenvalue weighted by atomic mass is 35.5. The molecule has 0 aliphatic carbocycles. The molecule has 6 heteroatoms. The number of hydrogen-bond acceptors (Lipinski definition) is 4. The zero-order valence-corrected chi connectivity index (χ0v) is 13.9. The smallest absolute Gasteiger partial charge is 0.202 e. The van der Waals surface area contributed by atoms with Gasteiger partial charge in [-0.25, -0.2) is 9.83 Å². The summed E-state index contributed by atoms with van der Waals surface area (Å²) in [5, 5.41) is 4.83. The summed E-state index contributed by atoms with van der Waals surface area (Å²) in [4.78, 5) is 10.0. The summed E-state index contributed by atoms with van der Waals surface area (Å²) >= 11 is 11.7. The van der Waals surface area contributed by atoms with Gasteiger partial charge in [0.25, 0.3) is 0 Å². The van der Waals surface area contributed by atoms with Gasteiger partial charge in [-0.05, 0) is 29.8 Å². The molecule has 0 fully saturated rings. The SMILES string of the molecule is Clc1ccc(CNCCC2=NC(c3ccc(Cl)cc3)ON2)cc1. The van der Waals surface area contributed by atoms with Crippen molar-refractivity contribution >= 4 is 29.0 Å². The second-order valence-corrected chi connectivity index (χ2v) is 6.13. The topological polar surface area (TPSA) is 45.7 Å². The molecular weight excluding hydrogens is 333 g/mol. The molecule has 4 nitrogen and oxygen atoms in total. The van der Waals surface area contributed by atoms with Crippen LogP contribution >= 0.6 is 23.2 Å². The number of hydrogen-bond donors (Lipinski definition) is 2. The molecule has 1 unspecified atom stereocenters. The third kappa shape index (κ3) is 4.69. The van der Waals surface area contributed by atoms with E-state index in [0.717, 1.165) is 35.9 Å². The van der Waals surface area contributed by atoms with Crippen molar-refractivity contribution in [1.82, 2.24) is 10.8 Å². The predicted molar refractivity (Wildman–Crippen MR) is 93.6 cm³/mol. The van der Waals surface area contributed by atoms with Crippen LogP contribution in [0.1, 0.15) is 23.8 Å². The lowest BCUT2D eigenvalue weighted by Crippen LogP contribution is -2.23. The molecular formula is C17H17Cl2N3O. The lowest BCUT2D eigenvalue weighted by molar-refractivity contribution is 0.0370. The van der Waals surface area contributed by atoms with Crippen molar-refractivity contribution in [3.05, 3.63) is 69.7 Å².